The first-order valence-corrected chi connectivity index (χ1v) is 7.13. The van der Waals surface area contributed by atoms with Crippen molar-refractivity contribution >= 4 is 46.6 Å². The van der Waals surface area contributed by atoms with Gasteiger partial charge in [0.15, 0.2) is 0 Å². The predicted molar refractivity (Wildman–Crippen MR) is 82.6 cm³/mol. The smallest absolute Gasteiger partial charge is 0.309 e. The summed E-state index contributed by atoms with van der Waals surface area (Å²) in [7, 11) is 0. The number of aromatic nitrogens is 1. The molecule has 0 aliphatic heterocycles. The van der Waals surface area contributed by atoms with Gasteiger partial charge in [0, 0.05) is 11.0 Å². The molecule has 0 radical (unpaired) electrons. The zero-order valence-corrected chi connectivity index (χ0v) is 12.3. The quantitative estimate of drug-likeness (QED) is 0.829. The van der Waals surface area contributed by atoms with Gasteiger partial charge < -0.3 is 10.4 Å². The van der Waals surface area contributed by atoms with Gasteiger partial charge in [-0.05, 0) is 30.3 Å². The van der Waals surface area contributed by atoms with E-state index < -0.39 is 5.97 Å². The van der Waals surface area contributed by atoms with E-state index >= 15 is 0 Å². The Labute approximate surface area is 129 Å². The lowest BCUT2D eigenvalue weighted by Crippen LogP contribution is -2.08. The first-order valence-electron chi connectivity index (χ1n) is 5.94. The van der Waals surface area contributed by atoms with Gasteiger partial charge in [0.1, 0.15) is 0 Å². The van der Waals surface area contributed by atoms with Crippen LogP contribution < -0.4 is 5.32 Å². The fourth-order valence-electron chi connectivity index (χ4n) is 1.52. The lowest BCUT2D eigenvalue weighted by molar-refractivity contribution is -0.136. The number of nitrogens with zero attached hydrogens (tertiary/aromatic N) is 1. The van der Waals surface area contributed by atoms with E-state index in [1.165, 1.54) is 23.6 Å². The van der Waals surface area contributed by atoms with Crippen molar-refractivity contribution in [2.45, 2.75) is 6.42 Å². The van der Waals surface area contributed by atoms with Crippen LogP contribution in [0.2, 0.25) is 4.34 Å². The van der Waals surface area contributed by atoms with Crippen molar-refractivity contribution < 1.29 is 14.7 Å². The van der Waals surface area contributed by atoms with Crippen LogP contribution in [0.25, 0.3) is 6.08 Å². The molecule has 0 bridgehead atoms. The molecule has 2 rings (SSSR count). The van der Waals surface area contributed by atoms with E-state index in [0.717, 1.165) is 4.88 Å². The number of amides is 1. The minimum absolute atomic E-state index is 0.146. The number of carbonyl (C=O) groups is 2. The van der Waals surface area contributed by atoms with Crippen LogP contribution in [-0.2, 0) is 16.0 Å². The Morgan fingerprint density at radius 3 is 2.71 bits per heavy atom. The number of carboxylic acids is 1. The molecule has 21 heavy (non-hydrogen) atoms. The minimum Gasteiger partial charge on any atom is -0.481 e. The van der Waals surface area contributed by atoms with Crippen molar-refractivity contribution in [3.05, 3.63) is 51.4 Å². The second-order valence-electron chi connectivity index (χ2n) is 4.07. The molecular weight excluding hydrogens is 312 g/mol. The highest BCUT2D eigenvalue weighted by Crippen LogP contribution is 2.22. The predicted octanol–water partition coefficient (Wildman–Crippen LogP) is 3.08. The molecule has 108 valence electrons. The van der Waals surface area contributed by atoms with Crippen LogP contribution in [0.5, 0.6) is 0 Å². The number of aliphatic carboxylic acids is 1. The number of nitrogens with one attached hydrogen (secondary N) is 1. The molecule has 0 aliphatic rings. The summed E-state index contributed by atoms with van der Waals surface area (Å²) in [5, 5.41) is 11.3. The number of rotatable bonds is 5. The third kappa shape index (κ3) is 5.02. The SMILES string of the molecule is O=C(O)Cc1ccc(NC(=O)/C=C/c2ccc(Cl)s2)cn1. The fraction of sp³-hybridized carbons (Fsp3) is 0.0714. The number of thiophene rings is 1. The number of anilines is 1. The summed E-state index contributed by atoms with van der Waals surface area (Å²) in [6, 6.07) is 6.75. The van der Waals surface area contributed by atoms with E-state index in [1.54, 1.807) is 24.3 Å². The zero-order chi connectivity index (χ0) is 15.2. The van der Waals surface area contributed by atoms with Gasteiger partial charge in [-0.25, -0.2) is 0 Å². The second kappa shape index (κ2) is 7.01. The average molecular weight is 323 g/mol. The van der Waals surface area contributed by atoms with Gasteiger partial charge in [0.2, 0.25) is 5.91 Å². The first kappa shape index (κ1) is 15.2. The van der Waals surface area contributed by atoms with Gasteiger partial charge in [0.25, 0.3) is 0 Å². The molecule has 2 aromatic heterocycles. The van der Waals surface area contributed by atoms with Crippen LogP contribution in [0.1, 0.15) is 10.6 Å². The van der Waals surface area contributed by atoms with Crippen LogP contribution in [0, 0.1) is 0 Å². The Kier molecular flexibility index (Phi) is 5.08. The van der Waals surface area contributed by atoms with Crippen LogP contribution in [0.4, 0.5) is 5.69 Å². The molecular formula is C14H11ClN2O3S. The van der Waals surface area contributed by atoms with Crippen molar-refractivity contribution in [1.29, 1.82) is 0 Å². The Morgan fingerprint density at radius 2 is 2.14 bits per heavy atom. The van der Waals surface area contributed by atoms with E-state index in [1.807, 2.05) is 6.07 Å². The highest BCUT2D eigenvalue weighted by molar-refractivity contribution is 7.17. The Hall–Kier alpha value is -2.18. The van der Waals surface area contributed by atoms with Gasteiger partial charge in [0.05, 0.1) is 28.3 Å². The maximum atomic E-state index is 11.7. The standard InChI is InChI=1S/C14H11ClN2O3S/c15-12-5-3-11(21-12)4-6-13(18)17-10-2-1-9(16-8-10)7-14(19)20/h1-6,8H,7H2,(H,17,18)(H,19,20)/b6-4+. The van der Waals surface area contributed by atoms with Crippen LogP contribution in [-0.4, -0.2) is 22.0 Å². The Balaban J connectivity index is 1.93. The largest absolute Gasteiger partial charge is 0.481 e. The third-order valence-electron chi connectivity index (χ3n) is 2.42. The summed E-state index contributed by atoms with van der Waals surface area (Å²) in [5.41, 5.74) is 0.937. The Bertz CT molecular complexity index is 680. The van der Waals surface area contributed by atoms with Crippen molar-refractivity contribution in [2.75, 3.05) is 5.32 Å². The summed E-state index contributed by atoms with van der Waals surface area (Å²) in [6.45, 7) is 0. The highest BCUT2D eigenvalue weighted by atomic mass is 35.5. The van der Waals surface area contributed by atoms with Crippen LogP contribution in [0.3, 0.4) is 0 Å². The monoisotopic (exact) mass is 322 g/mol. The Morgan fingerprint density at radius 1 is 1.33 bits per heavy atom. The normalized spacial score (nSPS) is 10.7. The fourth-order valence-corrected chi connectivity index (χ4v) is 2.48. The molecule has 2 aromatic rings. The van der Waals surface area contributed by atoms with Gasteiger partial charge in [-0.1, -0.05) is 11.6 Å². The molecule has 0 fully saturated rings. The van der Waals surface area contributed by atoms with E-state index in [-0.39, 0.29) is 12.3 Å². The van der Waals surface area contributed by atoms with E-state index in [9.17, 15) is 9.59 Å². The highest BCUT2D eigenvalue weighted by Gasteiger charge is 2.03. The molecule has 2 heterocycles. The lowest BCUT2D eigenvalue weighted by atomic mass is 10.2. The van der Waals surface area contributed by atoms with Crippen molar-refractivity contribution in [1.82, 2.24) is 4.98 Å². The third-order valence-corrected chi connectivity index (χ3v) is 3.61. The van der Waals surface area contributed by atoms with Gasteiger partial charge in [-0.3, -0.25) is 14.6 Å². The van der Waals surface area contributed by atoms with Crippen molar-refractivity contribution in [3.8, 4) is 0 Å². The molecule has 0 saturated carbocycles. The molecule has 0 aliphatic carbocycles. The van der Waals surface area contributed by atoms with Crippen molar-refractivity contribution in [3.63, 3.8) is 0 Å². The van der Waals surface area contributed by atoms with Gasteiger partial charge in [-0.2, -0.15) is 0 Å². The molecule has 0 atom stereocenters. The summed E-state index contributed by atoms with van der Waals surface area (Å²) in [5.74, 6) is -1.25. The van der Waals surface area contributed by atoms with Gasteiger partial charge in [-0.15, -0.1) is 11.3 Å². The molecule has 0 unspecified atom stereocenters. The molecule has 2 N–H and O–H groups in total. The summed E-state index contributed by atoms with van der Waals surface area (Å²) < 4.78 is 0.660. The maximum absolute atomic E-state index is 11.7. The van der Waals surface area contributed by atoms with E-state index in [2.05, 4.69) is 10.3 Å². The average Bonchev–Trinajstić information content (AvgIpc) is 2.84. The number of carbonyl (C=O) groups excluding carboxylic acids is 1. The zero-order valence-electron chi connectivity index (χ0n) is 10.7. The van der Waals surface area contributed by atoms with Crippen LogP contribution >= 0.6 is 22.9 Å². The van der Waals surface area contributed by atoms with E-state index in [0.29, 0.717) is 15.7 Å². The maximum Gasteiger partial charge on any atom is 0.309 e. The number of halogens is 1. The molecule has 0 saturated heterocycles. The minimum atomic E-state index is -0.947. The summed E-state index contributed by atoms with van der Waals surface area (Å²) >= 11 is 7.16. The first-order chi connectivity index (χ1) is 10.0. The van der Waals surface area contributed by atoms with Crippen molar-refractivity contribution in [2.24, 2.45) is 0 Å². The summed E-state index contributed by atoms with van der Waals surface area (Å²) in [6.07, 6.45) is 4.34. The number of hydrogen-bond donors (Lipinski definition) is 2. The van der Waals surface area contributed by atoms with E-state index in [4.69, 9.17) is 16.7 Å². The van der Waals surface area contributed by atoms with Crippen LogP contribution in [0.15, 0.2) is 36.5 Å². The lowest BCUT2D eigenvalue weighted by Gasteiger charge is -2.02. The number of carboxylic acid groups (broad SMARTS) is 1. The number of pyridine rings is 1. The molecule has 7 heteroatoms. The molecule has 1 amide bonds. The molecule has 0 aromatic carbocycles. The van der Waals surface area contributed by atoms with Gasteiger partial charge >= 0.3 is 5.97 Å². The molecule has 5 nitrogen and oxygen atoms in total. The second-order valence-corrected chi connectivity index (χ2v) is 5.82. The summed E-state index contributed by atoms with van der Waals surface area (Å²) in [4.78, 5) is 27.1. The number of hydrogen-bond acceptors (Lipinski definition) is 4. The molecule has 0 spiro atoms. The topological polar surface area (TPSA) is 79.3 Å².